The summed E-state index contributed by atoms with van der Waals surface area (Å²) in [5.74, 6) is 0.191. The van der Waals surface area contributed by atoms with Crippen LogP contribution in [0, 0.1) is 0 Å². The maximum Gasteiger partial charge on any atom is 0.225 e. The first-order chi connectivity index (χ1) is 7.36. The largest absolute Gasteiger partial charge is 0.379 e. The number of amides is 1. The molecular formula is C12H15NO2. The van der Waals surface area contributed by atoms with E-state index in [0.29, 0.717) is 32.7 Å². The Morgan fingerprint density at radius 3 is 2.80 bits per heavy atom. The van der Waals surface area contributed by atoms with E-state index in [1.54, 1.807) is 0 Å². The molecule has 0 radical (unpaired) electrons. The van der Waals surface area contributed by atoms with E-state index < -0.39 is 0 Å². The van der Waals surface area contributed by atoms with Crippen LogP contribution in [-0.4, -0.2) is 30.6 Å². The quantitative estimate of drug-likeness (QED) is 0.731. The molecule has 15 heavy (non-hydrogen) atoms. The Kier molecular flexibility index (Phi) is 3.35. The molecule has 0 unspecified atom stereocenters. The minimum Gasteiger partial charge on any atom is -0.379 e. The molecule has 0 spiro atoms. The lowest BCUT2D eigenvalue weighted by molar-refractivity contribution is -0.131. The molecule has 1 fully saturated rings. The zero-order chi connectivity index (χ0) is 10.5. The third kappa shape index (κ3) is 2.80. The molecule has 0 atom stereocenters. The molecule has 0 saturated carbocycles. The van der Waals surface area contributed by atoms with Gasteiger partial charge in [0.1, 0.15) is 0 Å². The maximum atomic E-state index is 11.7. The minimum absolute atomic E-state index is 0.191. The summed E-state index contributed by atoms with van der Waals surface area (Å²) < 4.78 is 5.27. The van der Waals surface area contributed by atoms with Crippen LogP contribution in [-0.2, 0) is 16.1 Å². The summed E-state index contributed by atoms with van der Waals surface area (Å²) in [6.07, 6.45) is 0.507. The number of nitrogens with zero attached hydrogens (tertiary/aromatic N) is 1. The molecule has 80 valence electrons. The fourth-order valence-corrected chi connectivity index (χ4v) is 1.69. The van der Waals surface area contributed by atoms with Gasteiger partial charge in [0.05, 0.1) is 19.6 Å². The number of hydrogen-bond donors (Lipinski definition) is 0. The van der Waals surface area contributed by atoms with Crippen LogP contribution in [0.15, 0.2) is 30.3 Å². The lowest BCUT2D eigenvalue weighted by Crippen LogP contribution is -2.31. The highest BCUT2D eigenvalue weighted by molar-refractivity contribution is 5.76. The number of benzene rings is 1. The Morgan fingerprint density at radius 2 is 2.00 bits per heavy atom. The number of ether oxygens (including phenoxy) is 1. The summed E-state index contributed by atoms with van der Waals surface area (Å²) >= 11 is 0. The van der Waals surface area contributed by atoms with Gasteiger partial charge in [0, 0.05) is 13.1 Å². The second-order valence-electron chi connectivity index (χ2n) is 3.66. The van der Waals surface area contributed by atoms with Crippen LogP contribution in [0.3, 0.4) is 0 Å². The summed E-state index contributed by atoms with van der Waals surface area (Å²) in [6.45, 7) is 2.61. The van der Waals surface area contributed by atoms with Crippen LogP contribution < -0.4 is 0 Å². The molecular weight excluding hydrogens is 190 g/mol. The fraction of sp³-hybridized carbons (Fsp3) is 0.417. The SMILES string of the molecule is O=C1CCOCCN1Cc1ccccc1. The van der Waals surface area contributed by atoms with E-state index >= 15 is 0 Å². The number of carbonyl (C=O) groups is 1. The van der Waals surface area contributed by atoms with Crippen molar-refractivity contribution in [2.24, 2.45) is 0 Å². The van der Waals surface area contributed by atoms with Gasteiger partial charge in [-0.2, -0.15) is 0 Å². The van der Waals surface area contributed by atoms with E-state index in [-0.39, 0.29) is 5.91 Å². The van der Waals surface area contributed by atoms with E-state index in [2.05, 4.69) is 0 Å². The Hall–Kier alpha value is -1.35. The smallest absolute Gasteiger partial charge is 0.225 e. The van der Waals surface area contributed by atoms with Crippen molar-refractivity contribution in [2.45, 2.75) is 13.0 Å². The second-order valence-corrected chi connectivity index (χ2v) is 3.66. The van der Waals surface area contributed by atoms with Crippen molar-refractivity contribution >= 4 is 5.91 Å². The monoisotopic (exact) mass is 205 g/mol. The first kappa shape index (κ1) is 10.2. The highest BCUT2D eigenvalue weighted by Gasteiger charge is 2.16. The van der Waals surface area contributed by atoms with Crippen LogP contribution in [0.4, 0.5) is 0 Å². The topological polar surface area (TPSA) is 29.5 Å². The predicted molar refractivity (Wildman–Crippen MR) is 57.3 cm³/mol. The second kappa shape index (κ2) is 4.94. The van der Waals surface area contributed by atoms with Crippen molar-refractivity contribution in [3.05, 3.63) is 35.9 Å². The summed E-state index contributed by atoms with van der Waals surface area (Å²) in [5, 5.41) is 0. The van der Waals surface area contributed by atoms with Gasteiger partial charge < -0.3 is 9.64 Å². The summed E-state index contributed by atoms with van der Waals surface area (Å²) in [7, 11) is 0. The van der Waals surface area contributed by atoms with E-state index in [1.165, 1.54) is 5.56 Å². The van der Waals surface area contributed by atoms with Crippen molar-refractivity contribution in [1.29, 1.82) is 0 Å². The third-order valence-corrected chi connectivity index (χ3v) is 2.53. The molecule has 1 amide bonds. The van der Waals surface area contributed by atoms with Gasteiger partial charge in [0.25, 0.3) is 0 Å². The zero-order valence-electron chi connectivity index (χ0n) is 8.69. The van der Waals surface area contributed by atoms with Crippen LogP contribution in [0.25, 0.3) is 0 Å². The van der Waals surface area contributed by atoms with Gasteiger partial charge in [-0.1, -0.05) is 30.3 Å². The van der Waals surface area contributed by atoms with Crippen LogP contribution in [0.1, 0.15) is 12.0 Å². The Bertz CT molecular complexity index is 324. The van der Waals surface area contributed by atoms with Crippen molar-refractivity contribution < 1.29 is 9.53 Å². The lowest BCUT2D eigenvalue weighted by Gasteiger charge is -2.19. The van der Waals surface area contributed by atoms with Crippen LogP contribution >= 0.6 is 0 Å². The fourth-order valence-electron chi connectivity index (χ4n) is 1.69. The Labute approximate surface area is 89.7 Å². The standard InChI is InChI=1S/C12H15NO2/c14-12-6-8-15-9-7-13(12)10-11-4-2-1-3-5-11/h1-5H,6-10H2. The van der Waals surface area contributed by atoms with Gasteiger partial charge in [-0.3, -0.25) is 4.79 Å². The van der Waals surface area contributed by atoms with Crippen LogP contribution in [0.5, 0.6) is 0 Å². The molecule has 2 rings (SSSR count). The molecule has 0 N–H and O–H groups in total. The van der Waals surface area contributed by atoms with Crippen molar-refractivity contribution in [3.63, 3.8) is 0 Å². The third-order valence-electron chi connectivity index (χ3n) is 2.53. The zero-order valence-corrected chi connectivity index (χ0v) is 8.69. The molecule has 1 aromatic carbocycles. The number of rotatable bonds is 2. The van der Waals surface area contributed by atoms with Gasteiger partial charge in [-0.05, 0) is 5.56 Å². The number of carbonyl (C=O) groups excluding carboxylic acids is 1. The lowest BCUT2D eigenvalue weighted by atomic mass is 10.2. The molecule has 1 aromatic rings. The molecule has 1 saturated heterocycles. The number of hydrogen-bond acceptors (Lipinski definition) is 2. The maximum absolute atomic E-state index is 11.7. The summed E-state index contributed by atoms with van der Waals surface area (Å²) in [5.41, 5.74) is 1.17. The average molecular weight is 205 g/mol. The van der Waals surface area contributed by atoms with E-state index in [0.717, 1.165) is 0 Å². The van der Waals surface area contributed by atoms with Crippen molar-refractivity contribution in [2.75, 3.05) is 19.8 Å². The van der Waals surface area contributed by atoms with Gasteiger partial charge in [-0.15, -0.1) is 0 Å². The van der Waals surface area contributed by atoms with Gasteiger partial charge >= 0.3 is 0 Å². The van der Waals surface area contributed by atoms with E-state index in [9.17, 15) is 4.79 Å². The summed E-state index contributed by atoms with van der Waals surface area (Å²) in [4.78, 5) is 13.5. The molecule has 0 aromatic heterocycles. The van der Waals surface area contributed by atoms with Gasteiger partial charge in [0.2, 0.25) is 5.91 Å². The molecule has 3 nitrogen and oxygen atoms in total. The highest BCUT2D eigenvalue weighted by Crippen LogP contribution is 2.08. The molecule has 0 bridgehead atoms. The first-order valence-corrected chi connectivity index (χ1v) is 5.26. The van der Waals surface area contributed by atoms with Crippen molar-refractivity contribution in [3.8, 4) is 0 Å². The van der Waals surface area contributed by atoms with E-state index in [4.69, 9.17) is 4.74 Å². The highest BCUT2D eigenvalue weighted by atomic mass is 16.5. The van der Waals surface area contributed by atoms with E-state index in [1.807, 2.05) is 35.2 Å². The Morgan fingerprint density at radius 1 is 1.20 bits per heavy atom. The summed E-state index contributed by atoms with van der Waals surface area (Å²) in [6, 6.07) is 10.1. The molecule has 3 heteroatoms. The predicted octanol–water partition coefficient (Wildman–Crippen LogP) is 1.44. The molecule has 1 heterocycles. The van der Waals surface area contributed by atoms with Gasteiger partial charge in [-0.25, -0.2) is 0 Å². The minimum atomic E-state index is 0.191. The average Bonchev–Trinajstić information content (AvgIpc) is 2.46. The Balaban J connectivity index is 2.01. The normalized spacial score (nSPS) is 17.6. The first-order valence-electron chi connectivity index (χ1n) is 5.26. The molecule has 1 aliphatic rings. The van der Waals surface area contributed by atoms with Gasteiger partial charge in [0.15, 0.2) is 0 Å². The van der Waals surface area contributed by atoms with Crippen molar-refractivity contribution in [1.82, 2.24) is 4.90 Å². The van der Waals surface area contributed by atoms with Crippen LogP contribution in [0.2, 0.25) is 0 Å². The molecule has 1 aliphatic heterocycles. The molecule has 0 aliphatic carbocycles.